The molecule has 0 aromatic heterocycles. The van der Waals surface area contributed by atoms with Crippen LogP contribution in [0.2, 0.25) is 0 Å². The van der Waals surface area contributed by atoms with Gasteiger partial charge in [0.1, 0.15) is 0 Å². The van der Waals surface area contributed by atoms with Crippen molar-refractivity contribution in [2.45, 2.75) is 6.18 Å². The van der Waals surface area contributed by atoms with E-state index in [1.165, 1.54) is 12.1 Å². The molecule has 0 bridgehead atoms. The van der Waals surface area contributed by atoms with Crippen LogP contribution in [-0.2, 0) is 11.0 Å². The number of carbonyl (C=O) groups is 1. The fourth-order valence-corrected chi connectivity index (χ4v) is 2.15. The van der Waals surface area contributed by atoms with Crippen LogP contribution in [0.4, 0.5) is 30.2 Å². The standard InChI is InChI=1S/C16H14F3N2OP/c1-2-15(22)21-13-7-6-12(23)9-14(13)20-11-5-3-4-10(8-11)16(17,18)19/h2-9,20H,1,23H2,(H,21,22). The lowest BCUT2D eigenvalue weighted by molar-refractivity contribution is -0.137. The maximum atomic E-state index is 12.8. The summed E-state index contributed by atoms with van der Waals surface area (Å²) >= 11 is 0. The molecule has 7 heteroatoms. The average molecular weight is 338 g/mol. The lowest BCUT2D eigenvalue weighted by Gasteiger charge is -2.15. The van der Waals surface area contributed by atoms with Crippen molar-refractivity contribution in [3.05, 3.63) is 60.7 Å². The molecular weight excluding hydrogens is 324 g/mol. The Morgan fingerprint density at radius 2 is 1.87 bits per heavy atom. The van der Waals surface area contributed by atoms with Gasteiger partial charge in [-0.3, -0.25) is 4.79 Å². The maximum absolute atomic E-state index is 12.8. The zero-order valence-electron chi connectivity index (χ0n) is 11.9. The highest BCUT2D eigenvalue weighted by molar-refractivity contribution is 7.27. The van der Waals surface area contributed by atoms with Crippen molar-refractivity contribution in [2.24, 2.45) is 0 Å². The van der Waals surface area contributed by atoms with Crippen molar-refractivity contribution < 1.29 is 18.0 Å². The predicted molar refractivity (Wildman–Crippen MR) is 89.3 cm³/mol. The first-order valence-electron chi connectivity index (χ1n) is 6.57. The van der Waals surface area contributed by atoms with E-state index in [4.69, 9.17) is 0 Å². The fraction of sp³-hybridized carbons (Fsp3) is 0.0625. The number of nitrogens with one attached hydrogen (secondary N) is 2. The summed E-state index contributed by atoms with van der Waals surface area (Å²) in [4.78, 5) is 11.4. The molecule has 0 aliphatic heterocycles. The third-order valence-electron chi connectivity index (χ3n) is 2.96. The maximum Gasteiger partial charge on any atom is 0.416 e. The number of carbonyl (C=O) groups excluding carboxylic acids is 1. The van der Waals surface area contributed by atoms with Gasteiger partial charge in [-0.15, -0.1) is 9.24 Å². The molecule has 2 N–H and O–H groups in total. The minimum Gasteiger partial charge on any atom is -0.354 e. The molecule has 1 unspecified atom stereocenters. The van der Waals surface area contributed by atoms with Gasteiger partial charge in [0.05, 0.1) is 16.9 Å². The van der Waals surface area contributed by atoms with Gasteiger partial charge in [-0.1, -0.05) is 18.7 Å². The third kappa shape index (κ3) is 4.57. The molecule has 0 spiro atoms. The Hall–Kier alpha value is -2.33. The third-order valence-corrected chi connectivity index (χ3v) is 3.31. The van der Waals surface area contributed by atoms with Gasteiger partial charge in [0.2, 0.25) is 5.91 Å². The zero-order valence-corrected chi connectivity index (χ0v) is 13.1. The van der Waals surface area contributed by atoms with Gasteiger partial charge in [0.25, 0.3) is 0 Å². The lowest BCUT2D eigenvalue weighted by Crippen LogP contribution is -2.11. The normalized spacial score (nSPS) is 11.0. The minimum absolute atomic E-state index is 0.268. The number of anilines is 3. The van der Waals surface area contributed by atoms with Crippen LogP contribution in [-0.4, -0.2) is 5.91 Å². The number of hydrogen-bond acceptors (Lipinski definition) is 2. The van der Waals surface area contributed by atoms with E-state index in [0.717, 1.165) is 23.5 Å². The summed E-state index contributed by atoms with van der Waals surface area (Å²) in [6.07, 6.45) is -3.30. The van der Waals surface area contributed by atoms with Crippen LogP contribution >= 0.6 is 9.24 Å². The van der Waals surface area contributed by atoms with Gasteiger partial charge in [0, 0.05) is 5.69 Å². The average Bonchev–Trinajstić information content (AvgIpc) is 2.49. The molecule has 2 aromatic rings. The Morgan fingerprint density at radius 3 is 2.52 bits per heavy atom. The molecule has 0 saturated heterocycles. The summed E-state index contributed by atoms with van der Waals surface area (Å²) in [5, 5.41) is 6.31. The predicted octanol–water partition coefficient (Wildman–Crippen LogP) is 4.07. The number of halogens is 3. The topological polar surface area (TPSA) is 41.1 Å². The Balaban J connectivity index is 2.34. The zero-order chi connectivity index (χ0) is 17.0. The highest BCUT2D eigenvalue weighted by Gasteiger charge is 2.30. The summed E-state index contributed by atoms with van der Waals surface area (Å²) in [5.41, 5.74) is 0.441. The molecule has 0 heterocycles. The summed E-state index contributed by atoms with van der Waals surface area (Å²) < 4.78 is 38.3. The molecule has 0 radical (unpaired) electrons. The lowest BCUT2D eigenvalue weighted by atomic mass is 10.2. The van der Waals surface area contributed by atoms with Crippen molar-refractivity contribution in [3.63, 3.8) is 0 Å². The number of amides is 1. The Kier molecular flexibility index (Phi) is 5.06. The van der Waals surface area contributed by atoms with E-state index >= 15 is 0 Å². The van der Waals surface area contributed by atoms with E-state index in [-0.39, 0.29) is 5.69 Å². The van der Waals surface area contributed by atoms with Crippen LogP contribution in [0.15, 0.2) is 55.1 Å². The molecule has 2 rings (SSSR count). The van der Waals surface area contributed by atoms with Crippen LogP contribution in [0.3, 0.4) is 0 Å². The Morgan fingerprint density at radius 1 is 1.13 bits per heavy atom. The molecule has 23 heavy (non-hydrogen) atoms. The quantitative estimate of drug-likeness (QED) is 0.652. The second kappa shape index (κ2) is 6.84. The van der Waals surface area contributed by atoms with E-state index < -0.39 is 17.6 Å². The second-order valence-corrected chi connectivity index (χ2v) is 5.37. The van der Waals surface area contributed by atoms with Crippen molar-refractivity contribution in [1.82, 2.24) is 0 Å². The summed E-state index contributed by atoms with van der Waals surface area (Å²) in [7, 11) is 2.48. The minimum atomic E-state index is -4.42. The van der Waals surface area contributed by atoms with Gasteiger partial charge >= 0.3 is 6.18 Å². The van der Waals surface area contributed by atoms with Gasteiger partial charge in [-0.05, 0) is 41.7 Å². The first-order valence-corrected chi connectivity index (χ1v) is 7.14. The van der Waals surface area contributed by atoms with Crippen molar-refractivity contribution >= 4 is 37.5 Å². The second-order valence-electron chi connectivity index (χ2n) is 4.70. The molecule has 120 valence electrons. The highest BCUT2D eigenvalue weighted by Crippen LogP contribution is 2.32. The molecule has 0 fully saturated rings. The fourth-order valence-electron chi connectivity index (χ4n) is 1.89. The van der Waals surface area contributed by atoms with Crippen molar-refractivity contribution in [3.8, 4) is 0 Å². The molecule has 1 atom stereocenters. The molecular formula is C16H14F3N2OP. The van der Waals surface area contributed by atoms with Gasteiger partial charge in [-0.25, -0.2) is 0 Å². The Labute approximate surface area is 133 Å². The van der Waals surface area contributed by atoms with Gasteiger partial charge in [-0.2, -0.15) is 13.2 Å². The number of hydrogen-bond donors (Lipinski definition) is 2. The summed E-state index contributed by atoms with van der Waals surface area (Å²) in [6, 6.07) is 9.94. The summed E-state index contributed by atoms with van der Waals surface area (Å²) in [5.74, 6) is -0.409. The van der Waals surface area contributed by atoms with E-state index in [9.17, 15) is 18.0 Å². The van der Waals surface area contributed by atoms with Crippen molar-refractivity contribution in [1.29, 1.82) is 0 Å². The van der Waals surface area contributed by atoms with Crippen LogP contribution < -0.4 is 15.9 Å². The van der Waals surface area contributed by atoms with Gasteiger partial charge < -0.3 is 10.6 Å². The monoisotopic (exact) mass is 338 g/mol. The summed E-state index contributed by atoms with van der Waals surface area (Å²) in [6.45, 7) is 3.37. The van der Waals surface area contributed by atoms with Crippen LogP contribution in [0.25, 0.3) is 0 Å². The number of rotatable bonds is 4. The number of alkyl halides is 3. The first kappa shape index (κ1) is 17.0. The van der Waals surface area contributed by atoms with E-state index in [1.54, 1.807) is 18.2 Å². The van der Waals surface area contributed by atoms with E-state index in [0.29, 0.717) is 11.4 Å². The van der Waals surface area contributed by atoms with Crippen molar-refractivity contribution in [2.75, 3.05) is 10.6 Å². The van der Waals surface area contributed by atoms with Gasteiger partial charge in [0.15, 0.2) is 0 Å². The largest absolute Gasteiger partial charge is 0.416 e. The smallest absolute Gasteiger partial charge is 0.354 e. The highest BCUT2D eigenvalue weighted by atomic mass is 31.0. The van der Waals surface area contributed by atoms with Crippen LogP contribution in [0.5, 0.6) is 0 Å². The molecule has 0 saturated carbocycles. The SMILES string of the molecule is C=CC(=O)Nc1ccc(P)cc1Nc1cccc(C(F)(F)F)c1. The van der Waals surface area contributed by atoms with E-state index in [1.807, 2.05) is 0 Å². The molecule has 3 nitrogen and oxygen atoms in total. The van der Waals surface area contributed by atoms with E-state index in [2.05, 4.69) is 26.5 Å². The Bertz CT molecular complexity index is 744. The molecule has 1 amide bonds. The number of benzene rings is 2. The van der Waals surface area contributed by atoms with Crippen LogP contribution in [0, 0.1) is 0 Å². The molecule has 0 aliphatic carbocycles. The molecule has 2 aromatic carbocycles. The first-order chi connectivity index (χ1) is 10.8. The molecule has 0 aliphatic rings. The van der Waals surface area contributed by atoms with Crippen LogP contribution in [0.1, 0.15) is 5.56 Å².